The molecule has 4 N–H and O–H groups in total. The van der Waals surface area contributed by atoms with E-state index in [-0.39, 0.29) is 12.5 Å². The minimum absolute atomic E-state index is 0.104. The van der Waals surface area contributed by atoms with Gasteiger partial charge in [0.2, 0.25) is 11.8 Å². The van der Waals surface area contributed by atoms with E-state index < -0.39 is 54.2 Å². The zero-order valence-electron chi connectivity index (χ0n) is 19.6. The van der Waals surface area contributed by atoms with Crippen molar-refractivity contribution in [2.45, 2.75) is 89.2 Å². The molecule has 3 amide bonds. The van der Waals surface area contributed by atoms with Gasteiger partial charge in [-0.15, -0.1) is 6.58 Å². The van der Waals surface area contributed by atoms with Crippen LogP contribution in [0.1, 0.15) is 65.7 Å². The summed E-state index contributed by atoms with van der Waals surface area (Å²) in [7, 11) is -4.63. The van der Waals surface area contributed by atoms with Gasteiger partial charge in [-0.25, -0.2) is 4.79 Å². The quantitative estimate of drug-likeness (QED) is 0.320. The van der Waals surface area contributed by atoms with E-state index in [0.29, 0.717) is 19.4 Å². The highest BCUT2D eigenvalue weighted by Crippen LogP contribution is 2.67. The highest BCUT2D eigenvalue weighted by atomic mass is 31.2. The van der Waals surface area contributed by atoms with Crippen LogP contribution in [0.4, 0.5) is 4.79 Å². The van der Waals surface area contributed by atoms with Crippen LogP contribution in [0.5, 0.6) is 0 Å². The van der Waals surface area contributed by atoms with Crippen molar-refractivity contribution in [3.63, 3.8) is 0 Å². The van der Waals surface area contributed by atoms with Crippen molar-refractivity contribution in [2.75, 3.05) is 6.54 Å². The molecule has 0 aromatic carbocycles. The first-order valence-electron chi connectivity index (χ1n) is 11.6. The lowest BCUT2D eigenvalue weighted by Gasteiger charge is -2.35. The lowest BCUT2D eigenvalue weighted by atomic mass is 9.85. The Morgan fingerprint density at radius 3 is 2.33 bits per heavy atom. The molecule has 1 saturated heterocycles. The summed E-state index contributed by atoms with van der Waals surface area (Å²) in [6, 6.07) is -1.79. The van der Waals surface area contributed by atoms with Gasteiger partial charge in [0.1, 0.15) is 23.5 Å². The Balaban J connectivity index is 1.71. The molecule has 3 rings (SSSR count). The Bertz CT molecular complexity index is 845. The SMILES string of the molecule is C=CC1CC1(NC(=O)[C@@H]1CCCN1C(=O)[C@@H](NC(=O)OC1CCCC1)C(C)(C)C)P(=O)(O)O. The zero-order chi connectivity index (χ0) is 24.6. The van der Waals surface area contributed by atoms with Gasteiger partial charge in [0.05, 0.1) is 0 Å². The van der Waals surface area contributed by atoms with Crippen LogP contribution < -0.4 is 10.6 Å². The number of nitrogens with one attached hydrogen (secondary N) is 2. The van der Waals surface area contributed by atoms with Crippen LogP contribution in [0.3, 0.4) is 0 Å². The Labute approximate surface area is 194 Å². The van der Waals surface area contributed by atoms with E-state index in [0.717, 1.165) is 25.7 Å². The van der Waals surface area contributed by atoms with Gasteiger partial charge in [-0.3, -0.25) is 14.2 Å². The number of hydrogen-bond donors (Lipinski definition) is 4. The number of carbonyl (C=O) groups is 3. The van der Waals surface area contributed by atoms with Gasteiger partial charge in [0.25, 0.3) is 0 Å². The zero-order valence-corrected chi connectivity index (χ0v) is 20.5. The summed E-state index contributed by atoms with van der Waals surface area (Å²) in [5.41, 5.74) is -0.646. The van der Waals surface area contributed by atoms with E-state index in [1.54, 1.807) is 0 Å². The number of likely N-dealkylation sites (tertiary alicyclic amines) is 1. The summed E-state index contributed by atoms with van der Waals surface area (Å²) in [5, 5.41) is 3.56. The number of hydrogen-bond acceptors (Lipinski definition) is 5. The van der Waals surface area contributed by atoms with Crippen LogP contribution in [-0.2, 0) is 18.9 Å². The van der Waals surface area contributed by atoms with Crippen molar-refractivity contribution >= 4 is 25.5 Å². The number of carbonyl (C=O) groups excluding carboxylic acids is 3. The molecule has 1 heterocycles. The maximum absolute atomic E-state index is 13.5. The first kappa shape index (κ1) is 25.7. The summed E-state index contributed by atoms with van der Waals surface area (Å²) >= 11 is 0. The summed E-state index contributed by atoms with van der Waals surface area (Å²) in [6.07, 6.45) is 5.30. The van der Waals surface area contributed by atoms with Crippen LogP contribution in [0, 0.1) is 11.3 Å². The number of rotatable bonds is 7. The van der Waals surface area contributed by atoms with Gasteiger partial charge >= 0.3 is 13.7 Å². The van der Waals surface area contributed by atoms with Gasteiger partial charge in [-0.05, 0) is 50.4 Å². The van der Waals surface area contributed by atoms with Crippen molar-refractivity contribution in [3.05, 3.63) is 12.7 Å². The number of ether oxygens (including phenoxy) is 1. The first-order chi connectivity index (χ1) is 15.3. The van der Waals surface area contributed by atoms with Crippen LogP contribution in [-0.4, -0.2) is 62.6 Å². The largest absolute Gasteiger partial charge is 0.446 e. The third kappa shape index (κ3) is 5.44. The number of nitrogens with zero attached hydrogens (tertiary/aromatic N) is 1. The molecule has 0 aromatic heterocycles. The fourth-order valence-electron chi connectivity index (χ4n) is 4.83. The molecule has 11 heteroatoms. The third-order valence-electron chi connectivity index (χ3n) is 6.92. The van der Waals surface area contributed by atoms with Gasteiger partial charge in [0.15, 0.2) is 0 Å². The van der Waals surface area contributed by atoms with Crippen molar-refractivity contribution < 1.29 is 33.5 Å². The Hall–Kier alpha value is -1.90. The molecule has 33 heavy (non-hydrogen) atoms. The fraction of sp³-hybridized carbons (Fsp3) is 0.773. The molecule has 3 aliphatic rings. The van der Waals surface area contributed by atoms with E-state index in [9.17, 15) is 28.7 Å². The lowest BCUT2D eigenvalue weighted by Crippen LogP contribution is -2.58. The van der Waals surface area contributed by atoms with Gasteiger partial charge < -0.3 is 30.1 Å². The number of amides is 3. The standard InChI is InChI=1S/C22H36N3O7P/c1-5-14-13-22(14,33(29,30)31)24-18(26)16-11-8-12-25(16)19(27)17(21(2,3)4)23-20(28)32-15-9-6-7-10-15/h5,14-17H,1,6-13H2,2-4H3,(H,23,28)(H,24,26)(H2,29,30,31)/t14?,16-,17+,22?/m0/s1. The fourth-order valence-corrected chi connectivity index (χ4v) is 6.06. The molecule has 186 valence electrons. The smallest absolute Gasteiger partial charge is 0.408 e. The summed E-state index contributed by atoms with van der Waals surface area (Å²) in [6.45, 7) is 9.35. The topological polar surface area (TPSA) is 145 Å². The Morgan fingerprint density at radius 1 is 1.18 bits per heavy atom. The summed E-state index contributed by atoms with van der Waals surface area (Å²) in [4.78, 5) is 60.0. The second kappa shape index (κ2) is 9.39. The molecule has 2 saturated carbocycles. The van der Waals surface area contributed by atoms with Crippen molar-refractivity contribution in [1.29, 1.82) is 0 Å². The lowest BCUT2D eigenvalue weighted by molar-refractivity contribution is -0.142. The van der Waals surface area contributed by atoms with Crippen molar-refractivity contribution in [2.24, 2.45) is 11.3 Å². The number of alkyl carbamates (subject to hydrolysis) is 1. The molecule has 0 aromatic rings. The predicted octanol–water partition coefficient (Wildman–Crippen LogP) is 2.26. The van der Waals surface area contributed by atoms with E-state index in [2.05, 4.69) is 17.2 Å². The highest BCUT2D eigenvalue weighted by molar-refractivity contribution is 7.54. The summed E-state index contributed by atoms with van der Waals surface area (Å²) in [5.74, 6) is -1.54. The maximum Gasteiger partial charge on any atom is 0.408 e. The first-order valence-corrected chi connectivity index (χ1v) is 13.2. The molecule has 10 nitrogen and oxygen atoms in total. The summed E-state index contributed by atoms with van der Waals surface area (Å²) < 4.78 is 17.5. The molecule has 3 fully saturated rings. The van der Waals surface area contributed by atoms with Crippen molar-refractivity contribution in [3.8, 4) is 0 Å². The van der Waals surface area contributed by atoms with Crippen LogP contribution in [0.15, 0.2) is 12.7 Å². The van der Waals surface area contributed by atoms with Crippen LogP contribution in [0.25, 0.3) is 0 Å². The molecule has 0 radical (unpaired) electrons. The molecule has 0 spiro atoms. The molecule has 2 unspecified atom stereocenters. The van der Waals surface area contributed by atoms with E-state index in [1.807, 2.05) is 20.8 Å². The second-order valence-electron chi connectivity index (χ2n) is 10.4. The molecule has 4 atom stereocenters. The monoisotopic (exact) mass is 485 g/mol. The minimum atomic E-state index is -4.63. The Morgan fingerprint density at radius 2 is 1.82 bits per heavy atom. The normalized spacial score (nSPS) is 28.8. The molecule has 2 aliphatic carbocycles. The molecule has 0 bridgehead atoms. The molecular formula is C22H36N3O7P. The highest BCUT2D eigenvalue weighted by Gasteiger charge is 2.66. The minimum Gasteiger partial charge on any atom is -0.446 e. The third-order valence-corrected chi connectivity index (χ3v) is 8.58. The average molecular weight is 486 g/mol. The van der Waals surface area contributed by atoms with E-state index >= 15 is 0 Å². The average Bonchev–Trinajstić information content (AvgIpc) is 3.07. The Kier molecular flexibility index (Phi) is 7.32. The van der Waals surface area contributed by atoms with Gasteiger partial charge in [-0.2, -0.15) is 0 Å². The van der Waals surface area contributed by atoms with E-state index in [4.69, 9.17) is 4.74 Å². The predicted molar refractivity (Wildman–Crippen MR) is 121 cm³/mol. The van der Waals surface area contributed by atoms with Crippen LogP contribution >= 0.6 is 7.60 Å². The van der Waals surface area contributed by atoms with Gasteiger partial charge in [0, 0.05) is 12.5 Å². The van der Waals surface area contributed by atoms with Gasteiger partial charge in [-0.1, -0.05) is 26.8 Å². The molecule has 1 aliphatic heterocycles. The molecular weight excluding hydrogens is 449 g/mol. The van der Waals surface area contributed by atoms with Crippen molar-refractivity contribution in [1.82, 2.24) is 15.5 Å². The van der Waals surface area contributed by atoms with E-state index in [1.165, 1.54) is 11.0 Å². The second-order valence-corrected chi connectivity index (χ2v) is 12.3. The maximum atomic E-state index is 13.5. The van der Waals surface area contributed by atoms with Crippen LogP contribution in [0.2, 0.25) is 0 Å².